The first kappa shape index (κ1) is 40.9. The second-order valence-corrected chi connectivity index (χ2v) is 16.7. The maximum absolute atomic E-state index is 14.8. The molecule has 6 rings (SSSR count). The van der Waals surface area contributed by atoms with Crippen LogP contribution >= 0.6 is 11.6 Å². The number of amides is 4. The number of carbonyl (C=O) groups is 5. The Morgan fingerprint density at radius 1 is 1.04 bits per heavy atom. The van der Waals surface area contributed by atoms with Crippen molar-refractivity contribution in [1.29, 1.82) is 0 Å². The normalized spacial score (nSPS) is 20.5. The number of rotatable bonds is 15. The Bertz CT molecular complexity index is 1910. The molecule has 0 bridgehead atoms. The maximum atomic E-state index is 14.8. The SMILES string of the molecule is CCC[C@@H](NC(=O)C1C[C@@H](Oc2ccc(Cl)cn2)CN1C(=O)[C@H](NC(=O)[C@@H](Nc1nc2ccc(F)cc2o1)C1CCCCC1)C(C)(C)C)C(=O)C(=O)NC1CC1. The van der Waals surface area contributed by atoms with Crippen LogP contribution in [-0.4, -0.2) is 87.1 Å². The number of aromatic nitrogens is 2. The Balaban J connectivity index is 1.25. The molecule has 2 saturated carbocycles. The molecule has 3 heterocycles. The van der Waals surface area contributed by atoms with Crippen LogP contribution < -0.4 is 26.0 Å². The van der Waals surface area contributed by atoms with Crippen molar-refractivity contribution in [3.8, 4) is 5.88 Å². The molecule has 3 aromatic rings. The van der Waals surface area contributed by atoms with E-state index in [1.54, 1.807) is 12.1 Å². The minimum atomic E-state index is -1.11. The Morgan fingerprint density at radius 3 is 2.45 bits per heavy atom. The van der Waals surface area contributed by atoms with Crippen molar-refractivity contribution in [1.82, 2.24) is 30.8 Å². The molecule has 1 saturated heterocycles. The number of halogens is 2. The van der Waals surface area contributed by atoms with Crippen LogP contribution in [0.4, 0.5) is 10.4 Å². The number of carbonyl (C=O) groups excluding carboxylic acids is 5. The summed E-state index contributed by atoms with van der Waals surface area (Å²) in [6, 6.07) is 3.07. The van der Waals surface area contributed by atoms with E-state index >= 15 is 0 Å². The second kappa shape index (κ2) is 17.6. The van der Waals surface area contributed by atoms with E-state index in [9.17, 15) is 28.4 Å². The second-order valence-electron chi connectivity index (χ2n) is 16.2. The number of oxazole rings is 1. The average Bonchev–Trinajstić information content (AvgIpc) is 3.73. The Hall–Kier alpha value is -4.79. The number of pyridine rings is 1. The summed E-state index contributed by atoms with van der Waals surface area (Å²) in [6.07, 6.45) is 7.55. The topological polar surface area (TPSA) is 185 Å². The number of likely N-dealkylation sites (tertiary alicyclic amines) is 1. The highest BCUT2D eigenvalue weighted by Gasteiger charge is 2.47. The highest BCUT2D eigenvalue weighted by atomic mass is 35.5. The molecule has 1 aromatic carbocycles. The smallest absolute Gasteiger partial charge is 0.296 e. The summed E-state index contributed by atoms with van der Waals surface area (Å²) in [4.78, 5) is 79.3. The number of ketones is 1. The predicted octanol–water partition coefficient (Wildman–Crippen LogP) is 5.09. The van der Waals surface area contributed by atoms with Gasteiger partial charge in [0, 0.05) is 30.8 Å². The standard InChI is InChI=1S/C40H51ClFN7O7/c1-5-9-28(33(50)37(53)44-25-14-15-25)45-35(51)29-19-26(55-31-17-12-23(41)20-43-31)21-49(29)38(54)34(40(2,3)4)48-36(52)32(22-10-7-6-8-11-22)47-39-46-27-16-13-24(42)18-30(27)56-39/h12-13,16-18,20,22,25-26,28-29,32,34H,5-11,14-15,19,21H2,1-4H3,(H,44,53)(H,45,51)(H,46,47)(H,48,52)/t26-,28-,29?,32+,34+/m1/s1. The van der Waals surface area contributed by atoms with Gasteiger partial charge in [-0.25, -0.2) is 9.37 Å². The highest BCUT2D eigenvalue weighted by molar-refractivity contribution is 6.38. The molecule has 2 aromatic heterocycles. The van der Waals surface area contributed by atoms with Crippen LogP contribution in [0.15, 0.2) is 40.9 Å². The number of nitrogens with one attached hydrogen (secondary N) is 4. The summed E-state index contributed by atoms with van der Waals surface area (Å²) in [5, 5.41) is 12.0. The van der Waals surface area contributed by atoms with Gasteiger partial charge in [-0.15, -0.1) is 0 Å². The number of Topliss-reactive ketones (excluding diaryl/α,β-unsaturated/α-hetero) is 1. The summed E-state index contributed by atoms with van der Waals surface area (Å²) in [5.74, 6) is -3.43. The van der Waals surface area contributed by atoms with Crippen molar-refractivity contribution >= 4 is 58.1 Å². The van der Waals surface area contributed by atoms with Gasteiger partial charge in [0.05, 0.1) is 17.6 Å². The molecule has 4 N–H and O–H groups in total. The summed E-state index contributed by atoms with van der Waals surface area (Å²) < 4.78 is 25.9. The largest absolute Gasteiger partial charge is 0.472 e. The van der Waals surface area contributed by atoms with Gasteiger partial charge in [-0.1, -0.05) is 65.0 Å². The third-order valence-electron chi connectivity index (χ3n) is 10.6. The van der Waals surface area contributed by atoms with E-state index < -0.39 is 70.9 Å². The molecular formula is C40H51ClFN7O7. The highest BCUT2D eigenvalue weighted by Crippen LogP contribution is 2.32. The molecule has 1 aliphatic heterocycles. The fourth-order valence-electron chi connectivity index (χ4n) is 7.45. The predicted molar refractivity (Wildman–Crippen MR) is 206 cm³/mol. The number of hydrogen-bond acceptors (Lipinski definition) is 10. The Morgan fingerprint density at radius 2 is 1.79 bits per heavy atom. The molecule has 1 unspecified atom stereocenters. The molecule has 5 atom stereocenters. The van der Waals surface area contributed by atoms with Gasteiger partial charge in [0.25, 0.3) is 11.9 Å². The van der Waals surface area contributed by atoms with Gasteiger partial charge in [0.15, 0.2) is 5.58 Å². The minimum absolute atomic E-state index is 0.0258. The number of hydrogen-bond donors (Lipinski definition) is 4. The van der Waals surface area contributed by atoms with Gasteiger partial charge >= 0.3 is 0 Å². The van der Waals surface area contributed by atoms with E-state index in [0.717, 1.165) is 44.9 Å². The first-order valence-electron chi connectivity index (χ1n) is 19.6. The zero-order chi connectivity index (χ0) is 40.1. The molecule has 0 radical (unpaired) electrons. The van der Waals surface area contributed by atoms with Crippen LogP contribution in [0, 0.1) is 17.2 Å². The van der Waals surface area contributed by atoms with Crippen LogP contribution in [0.5, 0.6) is 5.88 Å². The zero-order valence-corrected chi connectivity index (χ0v) is 33.0. The molecule has 16 heteroatoms. The lowest BCUT2D eigenvalue weighted by molar-refractivity contribution is -0.145. The third-order valence-corrected chi connectivity index (χ3v) is 10.8. The van der Waals surface area contributed by atoms with Crippen molar-refractivity contribution in [2.24, 2.45) is 11.3 Å². The van der Waals surface area contributed by atoms with Crippen LogP contribution in [0.2, 0.25) is 5.02 Å². The lowest BCUT2D eigenvalue weighted by atomic mass is 9.82. The van der Waals surface area contributed by atoms with Crippen molar-refractivity contribution in [2.45, 2.75) is 128 Å². The lowest BCUT2D eigenvalue weighted by Gasteiger charge is -2.37. The van der Waals surface area contributed by atoms with Crippen molar-refractivity contribution in [3.05, 3.63) is 47.4 Å². The molecule has 3 fully saturated rings. The van der Waals surface area contributed by atoms with E-state index in [0.29, 0.717) is 17.0 Å². The van der Waals surface area contributed by atoms with Crippen molar-refractivity contribution < 1.29 is 37.5 Å². The lowest BCUT2D eigenvalue weighted by Crippen LogP contribution is -2.61. The van der Waals surface area contributed by atoms with Crippen molar-refractivity contribution in [2.75, 3.05) is 11.9 Å². The van der Waals surface area contributed by atoms with E-state index in [1.807, 2.05) is 27.7 Å². The Kier molecular flexibility index (Phi) is 12.8. The molecule has 302 valence electrons. The van der Waals surface area contributed by atoms with E-state index in [4.69, 9.17) is 20.8 Å². The molecular weight excluding hydrogens is 745 g/mol. The molecule has 56 heavy (non-hydrogen) atoms. The quantitative estimate of drug-likeness (QED) is 0.151. The molecule has 2 aliphatic carbocycles. The number of anilines is 1. The number of fused-ring (bicyclic) bond motifs is 1. The molecule has 0 spiro atoms. The first-order chi connectivity index (χ1) is 26.7. The summed E-state index contributed by atoms with van der Waals surface area (Å²) >= 11 is 6.03. The van der Waals surface area contributed by atoms with E-state index in [1.165, 1.54) is 29.3 Å². The third kappa shape index (κ3) is 10.1. The molecule has 4 amide bonds. The fraction of sp³-hybridized carbons (Fsp3) is 0.575. The Labute approximate surface area is 330 Å². The average molecular weight is 796 g/mol. The fourth-order valence-corrected chi connectivity index (χ4v) is 7.56. The molecule has 3 aliphatic rings. The zero-order valence-electron chi connectivity index (χ0n) is 32.2. The summed E-state index contributed by atoms with van der Waals surface area (Å²) in [7, 11) is 0. The maximum Gasteiger partial charge on any atom is 0.296 e. The van der Waals surface area contributed by atoms with Gasteiger partial charge in [0.1, 0.15) is 35.6 Å². The van der Waals surface area contributed by atoms with Crippen LogP contribution in [0.25, 0.3) is 11.1 Å². The first-order valence-corrected chi connectivity index (χ1v) is 19.9. The van der Waals surface area contributed by atoms with E-state index in [2.05, 4.69) is 31.2 Å². The number of nitrogens with zero attached hydrogens (tertiary/aromatic N) is 3. The summed E-state index contributed by atoms with van der Waals surface area (Å²) in [5.41, 5.74) is -0.179. The van der Waals surface area contributed by atoms with Gasteiger partial charge in [0.2, 0.25) is 29.4 Å². The monoisotopic (exact) mass is 795 g/mol. The molecule has 14 nitrogen and oxygen atoms in total. The van der Waals surface area contributed by atoms with E-state index in [-0.39, 0.29) is 48.8 Å². The van der Waals surface area contributed by atoms with Gasteiger partial charge in [-0.05, 0) is 61.6 Å². The minimum Gasteiger partial charge on any atom is -0.472 e. The summed E-state index contributed by atoms with van der Waals surface area (Å²) in [6.45, 7) is 7.27. The number of ether oxygens (including phenoxy) is 1. The van der Waals surface area contributed by atoms with Crippen LogP contribution in [-0.2, 0) is 24.0 Å². The van der Waals surface area contributed by atoms with Crippen molar-refractivity contribution in [3.63, 3.8) is 0 Å². The van der Waals surface area contributed by atoms with Gasteiger partial charge in [-0.2, -0.15) is 4.98 Å². The van der Waals surface area contributed by atoms with Crippen LogP contribution in [0.1, 0.15) is 91.9 Å². The van der Waals surface area contributed by atoms with Crippen LogP contribution in [0.3, 0.4) is 0 Å². The number of benzene rings is 1. The van der Waals surface area contributed by atoms with Gasteiger partial charge < -0.3 is 35.3 Å². The van der Waals surface area contributed by atoms with Gasteiger partial charge in [-0.3, -0.25) is 24.0 Å².